The molecule has 1 amide bonds. The summed E-state index contributed by atoms with van der Waals surface area (Å²) in [6.07, 6.45) is 0.173. The molecule has 1 saturated heterocycles. The molecule has 6 heteroatoms. The Morgan fingerprint density at radius 1 is 1.29 bits per heavy atom. The molecule has 1 aromatic carbocycles. The summed E-state index contributed by atoms with van der Waals surface area (Å²) in [5.74, 6) is -1.25. The van der Waals surface area contributed by atoms with E-state index in [-0.39, 0.29) is 18.1 Å². The molecular formula is C15H19FN2O3. The lowest BCUT2D eigenvalue weighted by Crippen LogP contribution is -2.53. The van der Waals surface area contributed by atoms with Gasteiger partial charge in [-0.15, -0.1) is 0 Å². The smallest absolute Gasteiger partial charge is 0.320 e. The zero-order valence-electron chi connectivity index (χ0n) is 12.0. The van der Waals surface area contributed by atoms with Crippen LogP contribution < -0.4 is 0 Å². The van der Waals surface area contributed by atoms with Crippen molar-refractivity contribution in [2.24, 2.45) is 0 Å². The van der Waals surface area contributed by atoms with Crippen LogP contribution in [-0.2, 0) is 16.0 Å². The lowest BCUT2D eigenvalue weighted by molar-refractivity contribution is -0.144. The molecule has 0 radical (unpaired) electrons. The second kappa shape index (κ2) is 6.67. The topological polar surface area (TPSA) is 60.9 Å². The fraction of sp³-hybridized carbons (Fsp3) is 0.467. The van der Waals surface area contributed by atoms with Gasteiger partial charge in [-0.3, -0.25) is 14.5 Å². The summed E-state index contributed by atoms with van der Waals surface area (Å²) in [5.41, 5.74) is 0.654. The van der Waals surface area contributed by atoms with E-state index in [2.05, 4.69) is 0 Å². The SMILES string of the molecule is CC(C(=O)O)N1CCN(C(=O)Cc2cccc(F)c2)CC1. The van der Waals surface area contributed by atoms with Crippen LogP contribution in [0.3, 0.4) is 0 Å². The molecule has 1 atom stereocenters. The summed E-state index contributed by atoms with van der Waals surface area (Å²) in [7, 11) is 0. The van der Waals surface area contributed by atoms with Crippen LogP contribution in [0.5, 0.6) is 0 Å². The van der Waals surface area contributed by atoms with Crippen molar-refractivity contribution in [3.8, 4) is 0 Å². The molecule has 1 heterocycles. The monoisotopic (exact) mass is 294 g/mol. The Balaban J connectivity index is 1.87. The molecule has 0 bridgehead atoms. The predicted molar refractivity (Wildman–Crippen MR) is 75.4 cm³/mol. The predicted octanol–water partition coefficient (Wildman–Crippen LogP) is 0.985. The van der Waals surface area contributed by atoms with E-state index in [1.807, 2.05) is 4.90 Å². The first-order chi connectivity index (χ1) is 9.97. The summed E-state index contributed by atoms with van der Waals surface area (Å²) >= 11 is 0. The summed E-state index contributed by atoms with van der Waals surface area (Å²) in [4.78, 5) is 26.6. The number of carbonyl (C=O) groups is 2. The largest absolute Gasteiger partial charge is 0.480 e. The maximum atomic E-state index is 13.1. The van der Waals surface area contributed by atoms with Crippen LogP contribution >= 0.6 is 0 Å². The van der Waals surface area contributed by atoms with Gasteiger partial charge >= 0.3 is 5.97 Å². The van der Waals surface area contributed by atoms with Gasteiger partial charge in [0, 0.05) is 26.2 Å². The van der Waals surface area contributed by atoms with E-state index in [1.165, 1.54) is 12.1 Å². The molecule has 1 aromatic rings. The van der Waals surface area contributed by atoms with Crippen LogP contribution in [-0.4, -0.2) is 59.0 Å². The lowest BCUT2D eigenvalue weighted by atomic mass is 10.1. The third kappa shape index (κ3) is 4.01. The Labute approximate surface area is 123 Å². The van der Waals surface area contributed by atoms with Crippen molar-refractivity contribution in [1.82, 2.24) is 9.80 Å². The Bertz CT molecular complexity index is 527. The van der Waals surface area contributed by atoms with E-state index in [9.17, 15) is 14.0 Å². The highest BCUT2D eigenvalue weighted by Crippen LogP contribution is 2.10. The maximum absolute atomic E-state index is 13.1. The molecule has 0 spiro atoms. The zero-order chi connectivity index (χ0) is 15.4. The average Bonchev–Trinajstić information content (AvgIpc) is 2.46. The van der Waals surface area contributed by atoms with Crippen molar-refractivity contribution >= 4 is 11.9 Å². The molecular weight excluding hydrogens is 275 g/mol. The lowest BCUT2D eigenvalue weighted by Gasteiger charge is -2.36. The second-order valence-electron chi connectivity index (χ2n) is 5.24. The number of benzene rings is 1. The van der Waals surface area contributed by atoms with Gasteiger partial charge in [0.2, 0.25) is 5.91 Å². The number of nitrogens with zero attached hydrogens (tertiary/aromatic N) is 2. The second-order valence-corrected chi connectivity index (χ2v) is 5.24. The number of piperazine rings is 1. The standard InChI is InChI=1S/C15H19FN2O3/c1-11(15(20)21)17-5-7-18(8-6-17)14(19)10-12-3-2-4-13(16)9-12/h2-4,9,11H,5-8,10H2,1H3,(H,20,21). The van der Waals surface area contributed by atoms with E-state index in [0.29, 0.717) is 31.7 Å². The number of carbonyl (C=O) groups excluding carboxylic acids is 1. The van der Waals surface area contributed by atoms with E-state index in [1.54, 1.807) is 24.0 Å². The van der Waals surface area contributed by atoms with Crippen molar-refractivity contribution in [2.45, 2.75) is 19.4 Å². The number of halogens is 1. The Kier molecular flexibility index (Phi) is 4.90. The first kappa shape index (κ1) is 15.4. The number of hydrogen-bond acceptors (Lipinski definition) is 3. The van der Waals surface area contributed by atoms with Crippen molar-refractivity contribution in [3.63, 3.8) is 0 Å². The minimum Gasteiger partial charge on any atom is -0.480 e. The average molecular weight is 294 g/mol. The van der Waals surface area contributed by atoms with Gasteiger partial charge in [0.15, 0.2) is 0 Å². The molecule has 0 aromatic heterocycles. The molecule has 0 aliphatic carbocycles. The van der Waals surface area contributed by atoms with Crippen molar-refractivity contribution in [2.75, 3.05) is 26.2 Å². The van der Waals surface area contributed by atoms with Crippen LogP contribution in [0.2, 0.25) is 0 Å². The van der Waals surface area contributed by atoms with Crippen molar-refractivity contribution < 1.29 is 19.1 Å². The number of carboxylic acid groups (broad SMARTS) is 1. The highest BCUT2D eigenvalue weighted by Gasteiger charge is 2.27. The highest BCUT2D eigenvalue weighted by molar-refractivity contribution is 5.79. The normalized spacial score (nSPS) is 17.5. The third-order valence-corrected chi connectivity index (χ3v) is 3.82. The molecule has 21 heavy (non-hydrogen) atoms. The number of aliphatic carboxylic acids is 1. The van der Waals surface area contributed by atoms with Crippen LogP contribution in [0.15, 0.2) is 24.3 Å². The summed E-state index contributed by atoms with van der Waals surface area (Å²) in [6.45, 7) is 3.74. The quantitative estimate of drug-likeness (QED) is 0.899. The van der Waals surface area contributed by atoms with Gasteiger partial charge in [0.05, 0.1) is 6.42 Å². The zero-order valence-corrected chi connectivity index (χ0v) is 12.0. The van der Waals surface area contributed by atoms with E-state index in [0.717, 1.165) is 0 Å². The number of hydrogen-bond donors (Lipinski definition) is 1. The van der Waals surface area contributed by atoms with Gasteiger partial charge < -0.3 is 10.0 Å². The van der Waals surface area contributed by atoms with Crippen molar-refractivity contribution in [3.05, 3.63) is 35.6 Å². The van der Waals surface area contributed by atoms with Crippen LogP contribution in [0.4, 0.5) is 4.39 Å². The molecule has 0 saturated carbocycles. The molecule has 1 aliphatic rings. The molecule has 114 valence electrons. The van der Waals surface area contributed by atoms with Gasteiger partial charge in [-0.05, 0) is 24.6 Å². The highest BCUT2D eigenvalue weighted by atomic mass is 19.1. The molecule has 1 N–H and O–H groups in total. The first-order valence-electron chi connectivity index (χ1n) is 6.96. The van der Waals surface area contributed by atoms with Crippen LogP contribution in [0.25, 0.3) is 0 Å². The minimum absolute atomic E-state index is 0.0526. The van der Waals surface area contributed by atoms with Crippen molar-refractivity contribution in [1.29, 1.82) is 0 Å². The Morgan fingerprint density at radius 3 is 2.52 bits per heavy atom. The minimum atomic E-state index is -0.852. The molecule has 1 aliphatic heterocycles. The Morgan fingerprint density at radius 2 is 1.95 bits per heavy atom. The summed E-state index contributed by atoms with van der Waals surface area (Å²) in [6, 6.07) is 5.49. The van der Waals surface area contributed by atoms with Gasteiger partial charge in [-0.2, -0.15) is 0 Å². The van der Waals surface area contributed by atoms with Gasteiger partial charge in [-0.25, -0.2) is 4.39 Å². The molecule has 1 unspecified atom stereocenters. The first-order valence-corrected chi connectivity index (χ1v) is 6.96. The van der Waals surface area contributed by atoms with E-state index in [4.69, 9.17) is 5.11 Å². The van der Waals surface area contributed by atoms with Gasteiger partial charge in [0.25, 0.3) is 0 Å². The molecule has 2 rings (SSSR count). The Hall–Kier alpha value is -1.95. The van der Waals surface area contributed by atoms with Gasteiger partial charge in [0.1, 0.15) is 11.9 Å². The van der Waals surface area contributed by atoms with Crippen LogP contribution in [0.1, 0.15) is 12.5 Å². The summed E-state index contributed by atoms with van der Waals surface area (Å²) < 4.78 is 13.1. The number of carboxylic acids is 1. The molecule has 1 fully saturated rings. The van der Waals surface area contributed by atoms with Crippen LogP contribution in [0, 0.1) is 5.82 Å². The fourth-order valence-electron chi connectivity index (χ4n) is 2.45. The maximum Gasteiger partial charge on any atom is 0.320 e. The van der Waals surface area contributed by atoms with E-state index >= 15 is 0 Å². The van der Waals surface area contributed by atoms with E-state index < -0.39 is 12.0 Å². The summed E-state index contributed by atoms with van der Waals surface area (Å²) in [5, 5.41) is 8.97. The third-order valence-electron chi connectivity index (χ3n) is 3.82. The fourth-order valence-corrected chi connectivity index (χ4v) is 2.45. The van der Waals surface area contributed by atoms with Gasteiger partial charge in [-0.1, -0.05) is 12.1 Å². The number of amides is 1. The molecule has 5 nitrogen and oxygen atoms in total. The number of rotatable bonds is 4.